The zero-order valence-electron chi connectivity index (χ0n) is 18.0. The molecule has 8 heteroatoms. The lowest BCUT2D eigenvalue weighted by Crippen LogP contribution is -2.29. The molecule has 0 spiro atoms. The lowest BCUT2D eigenvalue weighted by molar-refractivity contribution is -0.122. The van der Waals surface area contributed by atoms with Crippen molar-refractivity contribution in [3.05, 3.63) is 103 Å². The molecule has 1 saturated heterocycles. The maximum Gasteiger partial charge on any atom is 0.293 e. The average molecular weight is 533 g/mol. The van der Waals surface area contributed by atoms with Gasteiger partial charge in [-0.25, -0.2) is 0 Å². The van der Waals surface area contributed by atoms with E-state index in [0.29, 0.717) is 44.3 Å². The van der Waals surface area contributed by atoms with Crippen LogP contribution in [0.5, 0.6) is 5.75 Å². The van der Waals surface area contributed by atoms with Gasteiger partial charge in [0.2, 0.25) is 0 Å². The third-order valence-corrected chi connectivity index (χ3v) is 7.05. The molecule has 34 heavy (non-hydrogen) atoms. The van der Waals surface area contributed by atoms with Crippen molar-refractivity contribution in [1.82, 2.24) is 4.90 Å². The van der Waals surface area contributed by atoms with Crippen molar-refractivity contribution in [2.24, 2.45) is 0 Å². The normalized spacial score (nSPS) is 14.8. The van der Waals surface area contributed by atoms with E-state index in [0.717, 1.165) is 23.7 Å². The molecule has 1 fully saturated rings. The van der Waals surface area contributed by atoms with E-state index in [1.807, 2.05) is 48.5 Å². The molecule has 0 atom stereocenters. The number of halogens is 3. The van der Waals surface area contributed by atoms with Crippen LogP contribution < -0.4 is 4.74 Å². The van der Waals surface area contributed by atoms with E-state index in [9.17, 15) is 9.59 Å². The Kier molecular flexibility index (Phi) is 8.22. The Balaban J connectivity index is 1.42. The monoisotopic (exact) mass is 531 g/mol. The number of nitrogens with zero attached hydrogens (tertiary/aromatic N) is 1. The summed E-state index contributed by atoms with van der Waals surface area (Å²) < 4.78 is 5.79. The maximum absolute atomic E-state index is 12.8. The van der Waals surface area contributed by atoms with Gasteiger partial charge in [0.05, 0.1) is 15.0 Å². The smallest absolute Gasteiger partial charge is 0.293 e. The van der Waals surface area contributed by atoms with Crippen LogP contribution in [-0.4, -0.2) is 22.6 Å². The molecule has 0 N–H and O–H groups in total. The number of hydrogen-bond acceptors (Lipinski definition) is 4. The molecule has 0 radical (unpaired) electrons. The minimum absolute atomic E-state index is 0.209. The highest BCUT2D eigenvalue weighted by molar-refractivity contribution is 8.18. The van der Waals surface area contributed by atoms with E-state index < -0.39 is 0 Å². The quantitative estimate of drug-likeness (QED) is 0.277. The standard InChI is InChI=1S/C26H20Cl3NO3S/c27-20-11-5-4-10-19(20)16-33-24-21(28)13-18(14-22(24)29)15-23-25(31)30(26(32)34-23)12-6-9-17-7-2-1-3-8-17/h1-5,7-8,10-11,13-15H,6,9,12,16H2/b23-15+. The number of amides is 2. The van der Waals surface area contributed by atoms with Gasteiger partial charge in [0.25, 0.3) is 11.1 Å². The SMILES string of the molecule is O=C1S/C(=C/c2cc(Cl)c(OCc3ccccc3Cl)c(Cl)c2)C(=O)N1CCCc1ccccc1. The van der Waals surface area contributed by atoms with Crippen molar-refractivity contribution >= 4 is 63.8 Å². The minimum atomic E-state index is -0.311. The number of carbonyl (C=O) groups excluding carboxylic acids is 2. The Bertz CT molecular complexity index is 1220. The van der Waals surface area contributed by atoms with E-state index in [2.05, 4.69) is 0 Å². The average Bonchev–Trinajstić information content (AvgIpc) is 3.07. The summed E-state index contributed by atoms with van der Waals surface area (Å²) in [5, 5.41) is 0.910. The highest BCUT2D eigenvalue weighted by Crippen LogP contribution is 2.38. The second-order valence-electron chi connectivity index (χ2n) is 7.62. The van der Waals surface area contributed by atoms with Gasteiger partial charge in [-0.1, -0.05) is 83.3 Å². The highest BCUT2D eigenvalue weighted by Gasteiger charge is 2.34. The fourth-order valence-electron chi connectivity index (χ4n) is 3.50. The van der Waals surface area contributed by atoms with Crippen molar-refractivity contribution in [1.29, 1.82) is 0 Å². The topological polar surface area (TPSA) is 46.6 Å². The number of ether oxygens (including phenoxy) is 1. The van der Waals surface area contributed by atoms with E-state index in [1.54, 1.807) is 24.3 Å². The Hall–Kier alpha value is -2.44. The summed E-state index contributed by atoms with van der Waals surface area (Å²) in [6, 6.07) is 20.6. The fourth-order valence-corrected chi connectivity index (χ4v) is 5.16. The van der Waals surface area contributed by atoms with Gasteiger partial charge in [0.15, 0.2) is 5.75 Å². The number of aryl methyl sites for hydroxylation is 1. The molecular weight excluding hydrogens is 513 g/mol. The number of carbonyl (C=O) groups is 2. The molecule has 0 aliphatic carbocycles. The third-order valence-electron chi connectivity index (χ3n) is 5.21. The van der Waals surface area contributed by atoms with Crippen molar-refractivity contribution in [2.75, 3.05) is 6.54 Å². The number of thioether (sulfide) groups is 1. The van der Waals surface area contributed by atoms with Gasteiger partial charge in [0, 0.05) is 17.1 Å². The van der Waals surface area contributed by atoms with Crippen LogP contribution in [0.4, 0.5) is 4.79 Å². The predicted octanol–water partition coefficient (Wildman–Crippen LogP) is 7.89. The number of imide groups is 1. The van der Waals surface area contributed by atoms with Crippen molar-refractivity contribution in [2.45, 2.75) is 19.4 Å². The van der Waals surface area contributed by atoms with Crippen LogP contribution in [0.15, 0.2) is 71.6 Å². The molecule has 4 nitrogen and oxygen atoms in total. The molecule has 0 unspecified atom stereocenters. The van der Waals surface area contributed by atoms with Crippen molar-refractivity contribution in [3.8, 4) is 5.75 Å². The summed E-state index contributed by atoms with van der Waals surface area (Å²) in [6.45, 7) is 0.577. The van der Waals surface area contributed by atoms with Crippen LogP contribution >= 0.6 is 46.6 Å². The van der Waals surface area contributed by atoms with E-state index in [4.69, 9.17) is 39.5 Å². The highest BCUT2D eigenvalue weighted by atomic mass is 35.5. The Morgan fingerprint density at radius 3 is 2.26 bits per heavy atom. The van der Waals surface area contributed by atoms with Crippen LogP contribution in [0.3, 0.4) is 0 Å². The first-order valence-electron chi connectivity index (χ1n) is 10.6. The number of hydrogen-bond donors (Lipinski definition) is 0. The summed E-state index contributed by atoms with van der Waals surface area (Å²) >= 11 is 19.9. The van der Waals surface area contributed by atoms with Crippen molar-refractivity contribution < 1.29 is 14.3 Å². The molecule has 3 aromatic rings. The second kappa shape index (κ2) is 11.3. The molecule has 2 amide bonds. The van der Waals surface area contributed by atoms with Gasteiger partial charge >= 0.3 is 0 Å². The van der Waals surface area contributed by atoms with Crippen LogP contribution in [0.25, 0.3) is 6.08 Å². The van der Waals surface area contributed by atoms with Gasteiger partial charge in [-0.05, 0) is 60.0 Å². The van der Waals surface area contributed by atoms with Crippen LogP contribution in [0.2, 0.25) is 15.1 Å². The maximum atomic E-state index is 12.8. The summed E-state index contributed by atoms with van der Waals surface area (Å²) in [7, 11) is 0. The summed E-state index contributed by atoms with van der Waals surface area (Å²) in [4.78, 5) is 26.8. The molecule has 1 aliphatic rings. The Morgan fingerprint density at radius 2 is 1.56 bits per heavy atom. The van der Waals surface area contributed by atoms with Gasteiger partial charge < -0.3 is 4.74 Å². The largest absolute Gasteiger partial charge is 0.486 e. The number of benzene rings is 3. The summed E-state index contributed by atoms with van der Waals surface area (Å²) in [5.41, 5.74) is 2.59. The third kappa shape index (κ3) is 5.97. The van der Waals surface area contributed by atoms with E-state index in [1.165, 1.54) is 10.5 Å². The second-order valence-corrected chi connectivity index (χ2v) is 9.83. The molecule has 174 valence electrons. The lowest BCUT2D eigenvalue weighted by Gasteiger charge is -2.12. The molecule has 1 heterocycles. The van der Waals surface area contributed by atoms with E-state index >= 15 is 0 Å². The Labute approximate surface area is 217 Å². The molecule has 1 aliphatic heterocycles. The van der Waals surface area contributed by atoms with Gasteiger partial charge in [-0.15, -0.1) is 0 Å². The first-order chi connectivity index (χ1) is 16.4. The zero-order chi connectivity index (χ0) is 24.1. The molecule has 3 aromatic carbocycles. The summed E-state index contributed by atoms with van der Waals surface area (Å²) in [6.07, 6.45) is 3.12. The molecule has 4 rings (SSSR count). The minimum Gasteiger partial charge on any atom is -0.486 e. The molecule has 0 bridgehead atoms. The van der Waals surface area contributed by atoms with Gasteiger partial charge in [-0.3, -0.25) is 14.5 Å². The lowest BCUT2D eigenvalue weighted by atomic mass is 10.1. The van der Waals surface area contributed by atoms with Crippen LogP contribution in [0, 0.1) is 0 Å². The molecule has 0 aromatic heterocycles. The first kappa shape index (κ1) is 24.7. The van der Waals surface area contributed by atoms with E-state index in [-0.39, 0.29) is 17.8 Å². The number of rotatable bonds is 8. The van der Waals surface area contributed by atoms with Gasteiger partial charge in [-0.2, -0.15) is 0 Å². The Morgan fingerprint density at radius 1 is 0.882 bits per heavy atom. The molecular formula is C26H20Cl3NO3S. The van der Waals surface area contributed by atoms with Crippen LogP contribution in [-0.2, 0) is 17.8 Å². The fraction of sp³-hybridized carbons (Fsp3) is 0.154. The predicted molar refractivity (Wildman–Crippen MR) is 140 cm³/mol. The van der Waals surface area contributed by atoms with Gasteiger partial charge in [0.1, 0.15) is 6.61 Å². The zero-order valence-corrected chi connectivity index (χ0v) is 21.1. The molecule has 0 saturated carbocycles. The van der Waals surface area contributed by atoms with Crippen LogP contribution in [0.1, 0.15) is 23.1 Å². The summed E-state index contributed by atoms with van der Waals surface area (Å²) in [5.74, 6) is 0.0174. The van der Waals surface area contributed by atoms with Crippen molar-refractivity contribution in [3.63, 3.8) is 0 Å². The first-order valence-corrected chi connectivity index (χ1v) is 12.5.